The minimum atomic E-state index is 0.0501. The number of nitrogens with zero attached hydrogens (tertiary/aromatic N) is 5. The third-order valence-corrected chi connectivity index (χ3v) is 6.56. The number of thioether (sulfide) groups is 1. The van der Waals surface area contributed by atoms with E-state index in [4.69, 9.17) is 16.5 Å². The maximum Gasteiger partial charge on any atom is 0.263 e. The highest BCUT2D eigenvalue weighted by molar-refractivity contribution is 7.98. The van der Waals surface area contributed by atoms with Crippen molar-refractivity contribution in [2.75, 3.05) is 11.5 Å². The summed E-state index contributed by atoms with van der Waals surface area (Å²) in [5, 5.41) is 1.48. The highest BCUT2D eigenvalue weighted by Gasteiger charge is 2.22. The fraction of sp³-hybridized carbons (Fsp3) is 0.438. The molecule has 4 N–H and O–H groups in total. The summed E-state index contributed by atoms with van der Waals surface area (Å²) < 4.78 is 1.72. The van der Waals surface area contributed by atoms with Gasteiger partial charge >= 0.3 is 0 Å². The molecule has 1 aliphatic carbocycles. The molecule has 0 bridgehead atoms. The average molecular weight is 390 g/mol. The summed E-state index contributed by atoms with van der Waals surface area (Å²) in [6.07, 6.45) is 4.36. The van der Waals surface area contributed by atoms with Crippen LogP contribution in [-0.2, 0) is 25.1 Å². The van der Waals surface area contributed by atoms with Gasteiger partial charge in [0.25, 0.3) is 5.56 Å². The Morgan fingerprint density at radius 2 is 1.85 bits per heavy atom. The molecule has 0 radical (unpaired) electrons. The molecule has 0 unspecified atom stereocenters. The molecule has 0 fully saturated rings. The number of hydrogen-bond acceptors (Lipinski definition) is 9. The number of aromatic nitrogens is 5. The highest BCUT2D eigenvalue weighted by atomic mass is 32.2. The summed E-state index contributed by atoms with van der Waals surface area (Å²) in [4.78, 5) is 31.9. The summed E-state index contributed by atoms with van der Waals surface area (Å²) in [6.45, 7) is 2.52. The molecule has 3 aromatic heterocycles. The molecule has 4 rings (SSSR count). The van der Waals surface area contributed by atoms with Gasteiger partial charge in [0.15, 0.2) is 5.16 Å². The number of nitrogen functional groups attached to an aromatic ring is 2. The van der Waals surface area contributed by atoms with Gasteiger partial charge in [-0.25, -0.2) is 4.98 Å². The van der Waals surface area contributed by atoms with Crippen LogP contribution in [0, 0.1) is 0 Å². The van der Waals surface area contributed by atoms with Gasteiger partial charge in [-0.05, 0) is 38.2 Å². The summed E-state index contributed by atoms with van der Waals surface area (Å²) in [5.74, 6) is 1.08. The van der Waals surface area contributed by atoms with Crippen molar-refractivity contribution >= 4 is 45.2 Å². The van der Waals surface area contributed by atoms with Crippen molar-refractivity contribution in [3.05, 3.63) is 26.6 Å². The van der Waals surface area contributed by atoms with Crippen LogP contribution in [0.3, 0.4) is 0 Å². The second kappa shape index (κ2) is 6.84. The molecule has 0 aliphatic heterocycles. The first-order chi connectivity index (χ1) is 12.6. The number of rotatable bonds is 4. The Morgan fingerprint density at radius 3 is 2.58 bits per heavy atom. The average Bonchev–Trinajstić information content (AvgIpc) is 2.97. The van der Waals surface area contributed by atoms with Crippen molar-refractivity contribution in [1.82, 2.24) is 24.5 Å². The van der Waals surface area contributed by atoms with Crippen LogP contribution >= 0.6 is 23.1 Å². The van der Waals surface area contributed by atoms with Gasteiger partial charge in [-0.15, -0.1) is 11.3 Å². The monoisotopic (exact) mass is 389 g/mol. The van der Waals surface area contributed by atoms with Crippen molar-refractivity contribution in [3.63, 3.8) is 0 Å². The molecule has 8 nitrogen and oxygen atoms in total. The van der Waals surface area contributed by atoms with Crippen LogP contribution in [0.4, 0.5) is 11.9 Å². The molecule has 0 saturated carbocycles. The SMILES string of the molecule is CCn1c(SCc2nc(N)nc(N)n2)nc2sc3c(c2c1=O)CCCC3. The summed E-state index contributed by atoms with van der Waals surface area (Å²) in [6, 6.07) is 0. The van der Waals surface area contributed by atoms with E-state index in [-0.39, 0.29) is 17.5 Å². The standard InChI is InChI=1S/C16H19N7OS2/c1-2-23-13(24)11-8-5-3-4-6-9(8)26-12(11)21-16(23)25-7-10-19-14(17)22-15(18)20-10/h2-7H2,1H3,(H4,17,18,19,20,22). The maximum absolute atomic E-state index is 13.1. The molecule has 3 aromatic rings. The van der Waals surface area contributed by atoms with E-state index < -0.39 is 0 Å². The fourth-order valence-electron chi connectivity index (χ4n) is 3.26. The molecular formula is C16H19N7OS2. The van der Waals surface area contributed by atoms with Gasteiger partial charge in [-0.3, -0.25) is 9.36 Å². The van der Waals surface area contributed by atoms with E-state index >= 15 is 0 Å². The number of thiophene rings is 1. The topological polar surface area (TPSA) is 126 Å². The second-order valence-corrected chi connectivity index (χ2v) is 8.12. The summed E-state index contributed by atoms with van der Waals surface area (Å²) in [5.41, 5.74) is 12.5. The largest absolute Gasteiger partial charge is 0.368 e. The minimum absolute atomic E-state index is 0.0501. The van der Waals surface area contributed by atoms with Crippen molar-refractivity contribution in [2.24, 2.45) is 0 Å². The summed E-state index contributed by atoms with van der Waals surface area (Å²) >= 11 is 3.07. The first-order valence-corrected chi connectivity index (χ1v) is 10.3. The van der Waals surface area contributed by atoms with E-state index in [2.05, 4.69) is 15.0 Å². The first-order valence-electron chi connectivity index (χ1n) is 8.50. The normalized spacial score (nSPS) is 13.9. The van der Waals surface area contributed by atoms with E-state index in [9.17, 15) is 4.79 Å². The van der Waals surface area contributed by atoms with Crippen molar-refractivity contribution in [3.8, 4) is 0 Å². The number of hydrogen-bond donors (Lipinski definition) is 2. The molecule has 1 aliphatic rings. The van der Waals surface area contributed by atoms with Crippen LogP contribution in [0.25, 0.3) is 10.2 Å². The Kier molecular flexibility index (Phi) is 4.53. The highest BCUT2D eigenvalue weighted by Crippen LogP contribution is 2.34. The van der Waals surface area contributed by atoms with Crippen molar-refractivity contribution < 1.29 is 0 Å². The van der Waals surface area contributed by atoms with E-state index in [0.29, 0.717) is 23.3 Å². The number of aryl methyl sites for hydroxylation is 2. The lowest BCUT2D eigenvalue weighted by atomic mass is 9.97. The van der Waals surface area contributed by atoms with Gasteiger partial charge in [0.2, 0.25) is 11.9 Å². The van der Waals surface area contributed by atoms with Crippen LogP contribution < -0.4 is 17.0 Å². The van der Waals surface area contributed by atoms with E-state index in [1.165, 1.54) is 28.6 Å². The Balaban J connectivity index is 1.73. The van der Waals surface area contributed by atoms with Crippen LogP contribution in [-0.4, -0.2) is 24.5 Å². The van der Waals surface area contributed by atoms with Crippen molar-refractivity contribution in [1.29, 1.82) is 0 Å². The van der Waals surface area contributed by atoms with E-state index in [1.807, 2.05) is 6.92 Å². The Hall–Kier alpha value is -2.20. The zero-order valence-corrected chi connectivity index (χ0v) is 16.0. The lowest BCUT2D eigenvalue weighted by Gasteiger charge is -2.12. The zero-order valence-electron chi connectivity index (χ0n) is 14.4. The minimum Gasteiger partial charge on any atom is -0.368 e. The zero-order chi connectivity index (χ0) is 18.3. The molecule has 0 aromatic carbocycles. The Bertz CT molecular complexity index is 1020. The maximum atomic E-state index is 13.1. The Labute approximate surface area is 158 Å². The van der Waals surface area contributed by atoms with E-state index in [0.717, 1.165) is 29.5 Å². The van der Waals surface area contributed by atoms with Crippen LogP contribution in [0.1, 0.15) is 36.0 Å². The van der Waals surface area contributed by atoms with Crippen LogP contribution in [0.15, 0.2) is 9.95 Å². The first kappa shape index (κ1) is 17.2. The molecule has 0 saturated heterocycles. The van der Waals surface area contributed by atoms with Crippen LogP contribution in [0.5, 0.6) is 0 Å². The predicted molar refractivity (Wildman–Crippen MR) is 104 cm³/mol. The molecule has 0 spiro atoms. The molecule has 0 atom stereocenters. The predicted octanol–water partition coefficient (Wildman–Crippen LogP) is 2.00. The summed E-state index contributed by atoms with van der Waals surface area (Å²) in [7, 11) is 0. The van der Waals surface area contributed by atoms with E-state index in [1.54, 1.807) is 15.9 Å². The third-order valence-electron chi connectivity index (χ3n) is 4.40. The quantitative estimate of drug-likeness (QED) is 0.512. The number of nitrogens with two attached hydrogens (primary N) is 2. The van der Waals surface area contributed by atoms with Gasteiger partial charge in [-0.2, -0.15) is 15.0 Å². The fourth-order valence-corrected chi connectivity index (χ4v) is 5.48. The molecule has 0 amide bonds. The molecule has 10 heteroatoms. The molecule has 136 valence electrons. The number of fused-ring (bicyclic) bond motifs is 3. The lowest BCUT2D eigenvalue weighted by Crippen LogP contribution is -2.23. The van der Waals surface area contributed by atoms with Crippen molar-refractivity contribution in [2.45, 2.75) is 50.1 Å². The lowest BCUT2D eigenvalue weighted by molar-refractivity contribution is 0.633. The Morgan fingerprint density at radius 1 is 1.12 bits per heavy atom. The molecular weight excluding hydrogens is 370 g/mol. The van der Waals surface area contributed by atoms with Gasteiger partial charge in [-0.1, -0.05) is 11.8 Å². The van der Waals surface area contributed by atoms with Crippen LogP contribution in [0.2, 0.25) is 0 Å². The number of anilines is 2. The van der Waals surface area contributed by atoms with Gasteiger partial charge in [0.1, 0.15) is 10.7 Å². The second-order valence-electron chi connectivity index (χ2n) is 6.09. The smallest absolute Gasteiger partial charge is 0.263 e. The van der Waals surface area contributed by atoms with Gasteiger partial charge in [0.05, 0.1) is 11.1 Å². The van der Waals surface area contributed by atoms with Gasteiger partial charge in [0, 0.05) is 11.4 Å². The molecule has 3 heterocycles. The van der Waals surface area contributed by atoms with Gasteiger partial charge < -0.3 is 11.5 Å². The third kappa shape index (κ3) is 3.03. The molecule has 26 heavy (non-hydrogen) atoms.